The van der Waals surface area contributed by atoms with Gasteiger partial charge in [0.2, 0.25) is 10.0 Å². The fraction of sp³-hybridized carbons (Fsp3) is 0.333. The van der Waals surface area contributed by atoms with Gasteiger partial charge in [-0.05, 0) is 68.5 Å². The number of hydrogen-bond donors (Lipinski definition) is 1. The van der Waals surface area contributed by atoms with E-state index < -0.39 is 15.8 Å². The molecule has 2 aromatic heterocycles. The van der Waals surface area contributed by atoms with Crippen LogP contribution in [0.25, 0.3) is 11.3 Å². The number of halogens is 1. The summed E-state index contributed by atoms with van der Waals surface area (Å²) in [6, 6.07) is 7.69. The van der Waals surface area contributed by atoms with Crippen molar-refractivity contribution in [2.24, 2.45) is 0 Å². The molecule has 0 radical (unpaired) electrons. The third-order valence-corrected chi connectivity index (χ3v) is 6.72. The summed E-state index contributed by atoms with van der Waals surface area (Å²) in [5.74, 6) is -0.421. The van der Waals surface area contributed by atoms with E-state index in [1.165, 1.54) is 29.5 Å². The normalized spacial score (nSPS) is 14.0. The van der Waals surface area contributed by atoms with Crippen molar-refractivity contribution in [3.63, 3.8) is 0 Å². The highest BCUT2D eigenvalue weighted by atomic mass is 32.2. The number of nitrogens with one attached hydrogen (secondary N) is 1. The zero-order valence-electron chi connectivity index (χ0n) is 16.2. The van der Waals surface area contributed by atoms with E-state index in [0.717, 1.165) is 36.9 Å². The summed E-state index contributed by atoms with van der Waals surface area (Å²) in [5.41, 5.74) is 4.72. The Morgan fingerprint density at radius 1 is 1.14 bits per heavy atom. The second-order valence-electron chi connectivity index (χ2n) is 7.25. The van der Waals surface area contributed by atoms with Crippen LogP contribution in [0.3, 0.4) is 0 Å². The molecular formula is C21H23FN4O2S. The third kappa shape index (κ3) is 4.09. The molecule has 0 unspecified atom stereocenters. The maximum absolute atomic E-state index is 13.4. The van der Waals surface area contributed by atoms with Gasteiger partial charge in [-0.2, -0.15) is 5.10 Å². The van der Waals surface area contributed by atoms with Crippen LogP contribution in [0.2, 0.25) is 0 Å². The van der Waals surface area contributed by atoms with Crippen molar-refractivity contribution in [3.05, 3.63) is 65.4 Å². The van der Waals surface area contributed by atoms with Crippen molar-refractivity contribution in [2.75, 3.05) is 6.54 Å². The number of hydrogen-bond acceptors (Lipinski definition) is 4. The molecular weight excluding hydrogens is 391 g/mol. The van der Waals surface area contributed by atoms with E-state index in [1.54, 1.807) is 19.3 Å². The molecule has 0 bridgehead atoms. The first kappa shape index (κ1) is 19.7. The lowest BCUT2D eigenvalue weighted by atomic mass is 9.94. The Labute approximate surface area is 169 Å². The van der Waals surface area contributed by atoms with Crippen molar-refractivity contribution in [1.29, 1.82) is 0 Å². The number of benzene rings is 1. The van der Waals surface area contributed by atoms with Gasteiger partial charge < -0.3 is 0 Å². The molecule has 6 nitrogen and oxygen atoms in total. The van der Waals surface area contributed by atoms with E-state index in [-0.39, 0.29) is 11.4 Å². The molecule has 1 N–H and O–H groups in total. The maximum Gasteiger partial charge on any atom is 0.240 e. The molecule has 1 aromatic carbocycles. The first-order valence-corrected chi connectivity index (χ1v) is 11.2. The van der Waals surface area contributed by atoms with Crippen LogP contribution in [0.1, 0.15) is 29.7 Å². The predicted molar refractivity (Wildman–Crippen MR) is 108 cm³/mol. The second-order valence-corrected chi connectivity index (χ2v) is 9.02. The first-order valence-electron chi connectivity index (χ1n) is 9.70. The van der Waals surface area contributed by atoms with Crippen LogP contribution in [0.4, 0.5) is 4.39 Å². The molecule has 1 aliphatic carbocycles. The molecule has 29 heavy (non-hydrogen) atoms. The van der Waals surface area contributed by atoms with Crippen LogP contribution in [-0.4, -0.2) is 29.7 Å². The lowest BCUT2D eigenvalue weighted by Crippen LogP contribution is -2.28. The van der Waals surface area contributed by atoms with Gasteiger partial charge in [0.25, 0.3) is 0 Å². The highest BCUT2D eigenvalue weighted by Gasteiger charge is 2.22. The van der Waals surface area contributed by atoms with E-state index in [2.05, 4.69) is 9.71 Å². The van der Waals surface area contributed by atoms with Crippen molar-refractivity contribution in [1.82, 2.24) is 19.5 Å². The number of sulfonamides is 1. The largest absolute Gasteiger partial charge is 0.267 e. The van der Waals surface area contributed by atoms with E-state index in [1.807, 2.05) is 16.8 Å². The van der Waals surface area contributed by atoms with Gasteiger partial charge in [-0.3, -0.25) is 9.67 Å². The van der Waals surface area contributed by atoms with Gasteiger partial charge in [-0.25, -0.2) is 17.5 Å². The smallest absolute Gasteiger partial charge is 0.240 e. The van der Waals surface area contributed by atoms with E-state index in [4.69, 9.17) is 5.10 Å². The number of fused-ring (bicyclic) bond motifs is 1. The zero-order chi connectivity index (χ0) is 20.4. The molecule has 0 spiro atoms. The molecule has 152 valence electrons. The Morgan fingerprint density at radius 3 is 2.66 bits per heavy atom. The molecule has 3 aromatic rings. The van der Waals surface area contributed by atoms with Crippen LogP contribution in [-0.2, 0) is 29.4 Å². The molecule has 1 aliphatic rings. The van der Waals surface area contributed by atoms with Gasteiger partial charge in [-0.1, -0.05) is 0 Å². The average molecular weight is 415 g/mol. The van der Waals surface area contributed by atoms with Crippen LogP contribution in [0.5, 0.6) is 0 Å². The van der Waals surface area contributed by atoms with Gasteiger partial charge in [0, 0.05) is 35.8 Å². The predicted octanol–water partition coefficient (Wildman–Crippen LogP) is 3.25. The lowest BCUT2D eigenvalue weighted by Gasteiger charge is -2.14. The number of nitrogens with zero attached hydrogens (tertiary/aromatic N) is 3. The summed E-state index contributed by atoms with van der Waals surface area (Å²) in [6.45, 7) is 2.19. The van der Waals surface area contributed by atoms with Crippen LogP contribution in [0.15, 0.2) is 47.6 Å². The second kappa shape index (κ2) is 8.04. The number of aromatic nitrogens is 3. The molecule has 0 fully saturated rings. The molecule has 0 atom stereocenters. The topological polar surface area (TPSA) is 76.9 Å². The van der Waals surface area contributed by atoms with Crippen molar-refractivity contribution in [2.45, 2.75) is 44.0 Å². The van der Waals surface area contributed by atoms with Crippen molar-refractivity contribution >= 4 is 10.0 Å². The standard InChI is InChI=1S/C21H23FN4O2S/c1-15-14-17(6-7-19(15)22)29(27,28)24-12-13-26-20-5-3-2-4-18(20)21(25-26)16-8-10-23-11-9-16/h6-11,14,24H,2-5,12-13H2,1H3. The van der Waals surface area contributed by atoms with Crippen LogP contribution >= 0.6 is 0 Å². The highest BCUT2D eigenvalue weighted by Crippen LogP contribution is 2.30. The number of aryl methyl sites for hydroxylation is 1. The summed E-state index contributed by atoms with van der Waals surface area (Å²) in [4.78, 5) is 4.14. The molecule has 0 saturated heterocycles. The Bertz CT molecular complexity index is 1130. The minimum absolute atomic E-state index is 0.0661. The van der Waals surface area contributed by atoms with Crippen molar-refractivity contribution < 1.29 is 12.8 Å². The van der Waals surface area contributed by atoms with Gasteiger partial charge >= 0.3 is 0 Å². The van der Waals surface area contributed by atoms with Crippen LogP contribution in [0, 0.1) is 12.7 Å². The Balaban J connectivity index is 1.53. The Morgan fingerprint density at radius 2 is 1.90 bits per heavy atom. The lowest BCUT2D eigenvalue weighted by molar-refractivity contribution is 0.538. The summed E-state index contributed by atoms with van der Waals surface area (Å²) in [7, 11) is -3.70. The Kier molecular flexibility index (Phi) is 5.47. The molecule has 0 aliphatic heterocycles. The summed E-state index contributed by atoms with van der Waals surface area (Å²) in [5, 5.41) is 4.78. The average Bonchev–Trinajstić information content (AvgIpc) is 3.09. The summed E-state index contributed by atoms with van der Waals surface area (Å²) in [6.07, 6.45) is 7.66. The first-order chi connectivity index (χ1) is 14.0. The summed E-state index contributed by atoms with van der Waals surface area (Å²) >= 11 is 0. The van der Waals surface area contributed by atoms with Crippen molar-refractivity contribution in [3.8, 4) is 11.3 Å². The fourth-order valence-corrected chi connectivity index (χ4v) is 4.86. The van der Waals surface area contributed by atoms with Gasteiger partial charge in [0.05, 0.1) is 17.1 Å². The number of rotatable bonds is 6. The van der Waals surface area contributed by atoms with Gasteiger partial charge in [0.15, 0.2) is 0 Å². The fourth-order valence-electron chi connectivity index (χ4n) is 3.75. The minimum Gasteiger partial charge on any atom is -0.267 e. The molecule has 0 amide bonds. The molecule has 8 heteroatoms. The molecule has 0 saturated carbocycles. The number of pyridine rings is 1. The SMILES string of the molecule is Cc1cc(S(=O)(=O)NCCn2nc(-c3ccncc3)c3c2CCCC3)ccc1F. The van der Waals surface area contributed by atoms with E-state index >= 15 is 0 Å². The molecule has 4 rings (SSSR count). The Hall–Kier alpha value is -2.58. The zero-order valence-corrected chi connectivity index (χ0v) is 17.0. The van der Waals surface area contributed by atoms with Crippen LogP contribution < -0.4 is 4.72 Å². The summed E-state index contributed by atoms with van der Waals surface area (Å²) < 4.78 is 43.0. The maximum atomic E-state index is 13.4. The molecule has 2 heterocycles. The minimum atomic E-state index is -3.70. The third-order valence-electron chi connectivity index (χ3n) is 5.27. The van der Waals surface area contributed by atoms with E-state index in [0.29, 0.717) is 12.1 Å². The van der Waals surface area contributed by atoms with Gasteiger partial charge in [-0.15, -0.1) is 0 Å². The van der Waals surface area contributed by atoms with Gasteiger partial charge in [0.1, 0.15) is 5.82 Å². The van der Waals surface area contributed by atoms with E-state index in [9.17, 15) is 12.8 Å². The quantitative estimate of drug-likeness (QED) is 0.672. The highest BCUT2D eigenvalue weighted by molar-refractivity contribution is 7.89. The monoisotopic (exact) mass is 414 g/mol.